The van der Waals surface area contributed by atoms with E-state index in [2.05, 4.69) is 40.7 Å². The lowest BCUT2D eigenvalue weighted by Gasteiger charge is -2.25. The Morgan fingerprint density at radius 3 is 2.56 bits per heavy atom. The molecule has 0 aromatic carbocycles. The lowest BCUT2D eigenvalue weighted by molar-refractivity contribution is -0.132. The Bertz CT molecular complexity index is 566. The normalized spacial score (nSPS) is 21.7. The molecule has 1 atom stereocenters. The average molecular weight is 348 g/mol. The van der Waals surface area contributed by atoms with Crippen molar-refractivity contribution in [3.8, 4) is 0 Å². The fraction of sp³-hybridized carbons (Fsp3) is 0.842. The molecule has 140 valence electrons. The number of aromatic nitrogens is 2. The van der Waals surface area contributed by atoms with Crippen molar-refractivity contribution < 1.29 is 9.32 Å². The fourth-order valence-corrected chi connectivity index (χ4v) is 3.97. The molecule has 1 aromatic heterocycles. The Kier molecular flexibility index (Phi) is 6.10. The summed E-state index contributed by atoms with van der Waals surface area (Å²) in [6.07, 6.45) is 6.82. The van der Waals surface area contributed by atoms with E-state index in [1.807, 2.05) is 0 Å². The van der Waals surface area contributed by atoms with Gasteiger partial charge < -0.3 is 9.42 Å². The zero-order valence-electron chi connectivity index (χ0n) is 15.9. The molecule has 6 heteroatoms. The number of rotatable bonds is 5. The van der Waals surface area contributed by atoms with Crippen LogP contribution in [0.15, 0.2) is 4.52 Å². The van der Waals surface area contributed by atoms with Gasteiger partial charge in [0.15, 0.2) is 5.82 Å². The van der Waals surface area contributed by atoms with Crippen molar-refractivity contribution in [2.24, 2.45) is 5.92 Å². The SMILES string of the molecule is CC(C)c1noc(C(C)N2CCCN(C(=O)CC3CCCC3)CC2)n1. The predicted octanol–water partition coefficient (Wildman–Crippen LogP) is 3.37. The van der Waals surface area contributed by atoms with E-state index in [4.69, 9.17) is 4.52 Å². The summed E-state index contributed by atoms with van der Waals surface area (Å²) in [5, 5.41) is 4.08. The third-order valence-corrected chi connectivity index (χ3v) is 5.70. The number of carbonyl (C=O) groups is 1. The predicted molar refractivity (Wildman–Crippen MR) is 96.1 cm³/mol. The first-order valence-electron chi connectivity index (χ1n) is 9.90. The van der Waals surface area contributed by atoms with Crippen LogP contribution in [0.1, 0.15) is 83.0 Å². The molecule has 1 aromatic rings. The molecule has 0 spiro atoms. The van der Waals surface area contributed by atoms with Gasteiger partial charge in [-0.15, -0.1) is 0 Å². The lowest BCUT2D eigenvalue weighted by atomic mass is 10.0. The highest BCUT2D eigenvalue weighted by Crippen LogP contribution is 2.28. The van der Waals surface area contributed by atoms with Crippen LogP contribution >= 0.6 is 0 Å². The third kappa shape index (κ3) is 4.60. The van der Waals surface area contributed by atoms with Gasteiger partial charge >= 0.3 is 0 Å². The van der Waals surface area contributed by atoms with Gasteiger partial charge in [0.1, 0.15) is 0 Å². The molecule has 2 fully saturated rings. The molecule has 1 saturated carbocycles. The first kappa shape index (κ1) is 18.4. The summed E-state index contributed by atoms with van der Waals surface area (Å²) >= 11 is 0. The molecule has 0 N–H and O–H groups in total. The van der Waals surface area contributed by atoms with E-state index in [-0.39, 0.29) is 12.0 Å². The highest BCUT2D eigenvalue weighted by atomic mass is 16.5. The Balaban J connectivity index is 1.54. The largest absolute Gasteiger partial charge is 0.341 e. The molecule has 1 aliphatic heterocycles. The smallest absolute Gasteiger partial charge is 0.243 e. The Morgan fingerprint density at radius 2 is 1.88 bits per heavy atom. The highest BCUT2D eigenvalue weighted by Gasteiger charge is 2.27. The summed E-state index contributed by atoms with van der Waals surface area (Å²) in [5.41, 5.74) is 0. The Morgan fingerprint density at radius 1 is 1.12 bits per heavy atom. The van der Waals surface area contributed by atoms with Gasteiger partial charge in [0.05, 0.1) is 6.04 Å². The quantitative estimate of drug-likeness (QED) is 0.816. The van der Waals surface area contributed by atoms with E-state index in [1.54, 1.807) is 0 Å². The summed E-state index contributed by atoms with van der Waals surface area (Å²) in [5.74, 6) is 2.71. The van der Waals surface area contributed by atoms with Gasteiger partial charge in [-0.2, -0.15) is 4.98 Å². The first-order chi connectivity index (χ1) is 12.0. The van der Waals surface area contributed by atoms with Gasteiger partial charge in [-0.25, -0.2) is 0 Å². The molecule has 1 aliphatic carbocycles. The van der Waals surface area contributed by atoms with E-state index in [0.717, 1.165) is 44.8 Å². The zero-order valence-corrected chi connectivity index (χ0v) is 15.9. The maximum Gasteiger partial charge on any atom is 0.243 e. The fourth-order valence-electron chi connectivity index (χ4n) is 3.97. The summed E-state index contributed by atoms with van der Waals surface area (Å²) in [7, 11) is 0. The molecule has 1 saturated heterocycles. The van der Waals surface area contributed by atoms with Crippen LogP contribution in [0.25, 0.3) is 0 Å². The van der Waals surface area contributed by atoms with Gasteiger partial charge in [0.25, 0.3) is 0 Å². The van der Waals surface area contributed by atoms with Crippen molar-refractivity contribution in [3.63, 3.8) is 0 Å². The van der Waals surface area contributed by atoms with Gasteiger partial charge in [-0.1, -0.05) is 31.8 Å². The highest BCUT2D eigenvalue weighted by molar-refractivity contribution is 5.76. The van der Waals surface area contributed by atoms with Crippen LogP contribution in [-0.2, 0) is 4.79 Å². The van der Waals surface area contributed by atoms with Crippen LogP contribution in [-0.4, -0.2) is 52.0 Å². The number of hydrogen-bond donors (Lipinski definition) is 0. The average Bonchev–Trinajstić information content (AvgIpc) is 3.21. The molecule has 0 bridgehead atoms. The number of carbonyl (C=O) groups excluding carboxylic acids is 1. The van der Waals surface area contributed by atoms with Crippen molar-refractivity contribution >= 4 is 5.91 Å². The van der Waals surface area contributed by atoms with Crippen LogP contribution in [0, 0.1) is 5.92 Å². The zero-order chi connectivity index (χ0) is 17.8. The van der Waals surface area contributed by atoms with Crippen LogP contribution in [0.2, 0.25) is 0 Å². The Labute approximate surface area is 150 Å². The molecular formula is C19H32N4O2. The Hall–Kier alpha value is -1.43. The molecular weight excluding hydrogens is 316 g/mol. The van der Waals surface area contributed by atoms with Crippen molar-refractivity contribution in [1.29, 1.82) is 0 Å². The minimum absolute atomic E-state index is 0.102. The van der Waals surface area contributed by atoms with Crippen LogP contribution in [0.3, 0.4) is 0 Å². The summed E-state index contributed by atoms with van der Waals surface area (Å²) < 4.78 is 5.46. The van der Waals surface area contributed by atoms with Crippen LogP contribution in [0.5, 0.6) is 0 Å². The van der Waals surface area contributed by atoms with E-state index in [0.29, 0.717) is 17.7 Å². The minimum Gasteiger partial charge on any atom is -0.341 e. The first-order valence-corrected chi connectivity index (χ1v) is 9.90. The second-order valence-electron chi connectivity index (χ2n) is 7.95. The second kappa shape index (κ2) is 8.30. The van der Waals surface area contributed by atoms with E-state index in [1.165, 1.54) is 25.7 Å². The maximum atomic E-state index is 12.6. The molecule has 2 heterocycles. The molecule has 1 amide bonds. The summed E-state index contributed by atoms with van der Waals surface area (Å²) in [4.78, 5) is 21.6. The minimum atomic E-state index is 0.102. The second-order valence-corrected chi connectivity index (χ2v) is 7.95. The number of nitrogens with zero attached hydrogens (tertiary/aromatic N) is 4. The summed E-state index contributed by atoms with van der Waals surface area (Å²) in [6, 6.07) is 0.102. The molecule has 3 rings (SSSR count). The summed E-state index contributed by atoms with van der Waals surface area (Å²) in [6.45, 7) is 9.77. The molecule has 1 unspecified atom stereocenters. The van der Waals surface area contributed by atoms with Crippen molar-refractivity contribution in [2.45, 2.75) is 71.3 Å². The van der Waals surface area contributed by atoms with Gasteiger partial charge in [0.2, 0.25) is 11.8 Å². The number of amides is 1. The lowest BCUT2D eigenvalue weighted by Crippen LogP contribution is -2.36. The standard InChI is InChI=1S/C19H32N4O2/c1-14(2)18-20-19(25-21-18)15(3)22-9-6-10-23(12-11-22)17(24)13-16-7-4-5-8-16/h14-16H,4-13H2,1-3H3. The molecule has 0 radical (unpaired) electrons. The molecule has 2 aliphatic rings. The van der Waals surface area contributed by atoms with Crippen molar-refractivity contribution in [3.05, 3.63) is 11.7 Å². The van der Waals surface area contributed by atoms with E-state index < -0.39 is 0 Å². The topological polar surface area (TPSA) is 62.5 Å². The maximum absolute atomic E-state index is 12.6. The van der Waals surface area contributed by atoms with E-state index >= 15 is 0 Å². The van der Waals surface area contributed by atoms with E-state index in [9.17, 15) is 4.79 Å². The van der Waals surface area contributed by atoms with Crippen LogP contribution < -0.4 is 0 Å². The van der Waals surface area contributed by atoms with Crippen LogP contribution in [0.4, 0.5) is 0 Å². The van der Waals surface area contributed by atoms with Gasteiger partial charge in [-0.05, 0) is 32.1 Å². The monoisotopic (exact) mass is 348 g/mol. The molecule has 6 nitrogen and oxygen atoms in total. The van der Waals surface area contributed by atoms with Gasteiger partial charge in [-0.3, -0.25) is 9.69 Å². The van der Waals surface area contributed by atoms with Crippen molar-refractivity contribution in [2.75, 3.05) is 26.2 Å². The van der Waals surface area contributed by atoms with Crippen molar-refractivity contribution in [1.82, 2.24) is 19.9 Å². The molecule has 25 heavy (non-hydrogen) atoms. The third-order valence-electron chi connectivity index (χ3n) is 5.70. The van der Waals surface area contributed by atoms with Gasteiger partial charge in [0, 0.05) is 38.5 Å². The number of hydrogen-bond acceptors (Lipinski definition) is 5.